The number of nitrogens with zero attached hydrogens (tertiary/aromatic N) is 2. The molecule has 2 saturated heterocycles. The zero-order valence-electron chi connectivity index (χ0n) is 14.1. The van der Waals surface area contributed by atoms with Crippen LogP contribution in [0, 0.1) is 0 Å². The number of hydrogen-bond acceptors (Lipinski definition) is 3. The van der Waals surface area contributed by atoms with Gasteiger partial charge in [-0.2, -0.15) is 0 Å². The van der Waals surface area contributed by atoms with E-state index in [-0.39, 0.29) is 0 Å². The Morgan fingerprint density at radius 3 is 2.68 bits per heavy atom. The van der Waals surface area contributed by atoms with E-state index in [0.717, 1.165) is 31.4 Å². The first-order valence-electron chi connectivity index (χ1n) is 8.87. The molecule has 0 N–H and O–H groups in total. The van der Waals surface area contributed by atoms with Gasteiger partial charge in [-0.25, -0.2) is 0 Å². The van der Waals surface area contributed by atoms with Crippen LogP contribution in [0.4, 0.5) is 0 Å². The molecule has 0 spiro atoms. The van der Waals surface area contributed by atoms with Crippen molar-refractivity contribution in [1.82, 2.24) is 9.80 Å². The van der Waals surface area contributed by atoms with E-state index in [9.17, 15) is 0 Å². The zero-order chi connectivity index (χ0) is 15.4. The van der Waals surface area contributed by atoms with E-state index in [0.29, 0.717) is 6.04 Å². The van der Waals surface area contributed by atoms with Crippen LogP contribution in [0.5, 0.6) is 5.75 Å². The standard InChI is InChI=1S/C19H30N2O/c1-20(2)13-5-15-22-18-10-7-16(8-11-18)19-12-9-17-6-3-4-14-21(17)19/h7-8,10-11,17,19H,3-6,9,12-15H2,1-2H3/t17-,19-/m1/s1. The van der Waals surface area contributed by atoms with Crippen LogP contribution >= 0.6 is 0 Å². The van der Waals surface area contributed by atoms with E-state index in [1.165, 1.54) is 44.2 Å². The minimum absolute atomic E-state index is 0.646. The minimum Gasteiger partial charge on any atom is -0.494 e. The molecule has 0 unspecified atom stereocenters. The molecule has 0 aliphatic carbocycles. The number of hydrogen-bond donors (Lipinski definition) is 0. The van der Waals surface area contributed by atoms with Crippen molar-refractivity contribution in [2.75, 3.05) is 33.8 Å². The van der Waals surface area contributed by atoms with Crippen molar-refractivity contribution >= 4 is 0 Å². The summed E-state index contributed by atoms with van der Waals surface area (Å²) >= 11 is 0. The number of ether oxygens (including phenoxy) is 1. The molecule has 2 fully saturated rings. The molecule has 2 aliphatic rings. The first-order valence-corrected chi connectivity index (χ1v) is 8.87. The molecule has 2 atom stereocenters. The Bertz CT molecular complexity index is 457. The summed E-state index contributed by atoms with van der Waals surface area (Å²) in [5.41, 5.74) is 1.48. The highest BCUT2D eigenvalue weighted by atomic mass is 16.5. The van der Waals surface area contributed by atoms with Gasteiger partial charge in [-0.15, -0.1) is 0 Å². The summed E-state index contributed by atoms with van der Waals surface area (Å²) in [5, 5.41) is 0. The minimum atomic E-state index is 0.646. The fourth-order valence-electron chi connectivity index (χ4n) is 3.97. The van der Waals surface area contributed by atoms with Crippen LogP contribution in [0.2, 0.25) is 0 Å². The number of rotatable bonds is 6. The van der Waals surface area contributed by atoms with Crippen LogP contribution in [-0.2, 0) is 0 Å². The molecule has 0 bridgehead atoms. The Hall–Kier alpha value is -1.06. The third-order valence-electron chi connectivity index (χ3n) is 5.13. The maximum Gasteiger partial charge on any atom is 0.119 e. The Balaban J connectivity index is 1.53. The third-order valence-corrected chi connectivity index (χ3v) is 5.13. The smallest absolute Gasteiger partial charge is 0.119 e. The van der Waals surface area contributed by atoms with Crippen molar-refractivity contribution in [3.63, 3.8) is 0 Å². The summed E-state index contributed by atoms with van der Waals surface area (Å²) < 4.78 is 5.84. The number of piperidine rings is 1. The molecule has 3 nitrogen and oxygen atoms in total. The lowest BCUT2D eigenvalue weighted by molar-refractivity contribution is 0.150. The molecule has 2 heterocycles. The molecule has 0 saturated carbocycles. The number of fused-ring (bicyclic) bond motifs is 1. The van der Waals surface area contributed by atoms with Crippen LogP contribution < -0.4 is 4.74 Å². The van der Waals surface area contributed by atoms with Gasteiger partial charge in [0.1, 0.15) is 5.75 Å². The molecule has 0 amide bonds. The van der Waals surface area contributed by atoms with E-state index < -0.39 is 0 Å². The zero-order valence-corrected chi connectivity index (χ0v) is 14.1. The molecule has 0 aromatic heterocycles. The predicted molar refractivity (Wildman–Crippen MR) is 91.4 cm³/mol. The summed E-state index contributed by atoms with van der Waals surface area (Å²) in [4.78, 5) is 4.94. The van der Waals surface area contributed by atoms with Gasteiger partial charge >= 0.3 is 0 Å². The maximum absolute atomic E-state index is 5.84. The van der Waals surface area contributed by atoms with Gasteiger partial charge < -0.3 is 9.64 Å². The summed E-state index contributed by atoms with van der Waals surface area (Å²) in [6.45, 7) is 3.17. The second kappa shape index (κ2) is 7.47. The molecule has 1 aromatic rings. The van der Waals surface area contributed by atoms with Crippen molar-refractivity contribution in [3.8, 4) is 5.75 Å². The van der Waals surface area contributed by atoms with Gasteiger partial charge in [0, 0.05) is 18.6 Å². The normalized spacial score (nSPS) is 25.4. The maximum atomic E-state index is 5.84. The highest BCUT2D eigenvalue weighted by molar-refractivity contribution is 5.30. The molecule has 122 valence electrons. The lowest BCUT2D eigenvalue weighted by Gasteiger charge is -2.34. The summed E-state index contributed by atoms with van der Waals surface area (Å²) in [7, 11) is 4.20. The van der Waals surface area contributed by atoms with Gasteiger partial charge in [0.05, 0.1) is 6.61 Å². The Morgan fingerprint density at radius 1 is 1.09 bits per heavy atom. The van der Waals surface area contributed by atoms with Crippen LogP contribution in [0.3, 0.4) is 0 Å². The summed E-state index contributed by atoms with van der Waals surface area (Å²) in [6.07, 6.45) is 7.99. The molecule has 3 heteroatoms. The molecule has 2 aliphatic heterocycles. The van der Waals surface area contributed by atoms with Crippen LogP contribution in [0.25, 0.3) is 0 Å². The lowest BCUT2D eigenvalue weighted by atomic mass is 10.0. The summed E-state index contributed by atoms with van der Waals surface area (Å²) in [5.74, 6) is 1.01. The third kappa shape index (κ3) is 3.82. The molecule has 1 aromatic carbocycles. The van der Waals surface area contributed by atoms with Crippen LogP contribution in [0.15, 0.2) is 24.3 Å². The van der Waals surface area contributed by atoms with E-state index in [2.05, 4.69) is 48.2 Å². The molecule has 3 rings (SSSR count). The molecular formula is C19H30N2O. The Labute approximate surface area is 135 Å². The number of benzene rings is 1. The average Bonchev–Trinajstić information content (AvgIpc) is 2.96. The lowest BCUT2D eigenvalue weighted by Crippen LogP contribution is -2.35. The van der Waals surface area contributed by atoms with E-state index in [1.807, 2.05) is 0 Å². The molecule has 22 heavy (non-hydrogen) atoms. The first kappa shape index (κ1) is 15.8. The van der Waals surface area contributed by atoms with E-state index in [1.54, 1.807) is 0 Å². The van der Waals surface area contributed by atoms with Gasteiger partial charge in [0.25, 0.3) is 0 Å². The first-order chi connectivity index (χ1) is 10.7. The van der Waals surface area contributed by atoms with Gasteiger partial charge in [-0.05, 0) is 70.4 Å². The van der Waals surface area contributed by atoms with E-state index in [4.69, 9.17) is 4.74 Å². The van der Waals surface area contributed by atoms with Gasteiger partial charge in [-0.3, -0.25) is 4.90 Å². The monoisotopic (exact) mass is 302 g/mol. The van der Waals surface area contributed by atoms with Crippen molar-refractivity contribution < 1.29 is 4.74 Å². The van der Waals surface area contributed by atoms with Crippen molar-refractivity contribution in [2.24, 2.45) is 0 Å². The van der Waals surface area contributed by atoms with Crippen molar-refractivity contribution in [2.45, 2.75) is 50.6 Å². The molecule has 0 radical (unpaired) electrons. The second-order valence-electron chi connectivity index (χ2n) is 7.05. The van der Waals surface area contributed by atoms with Crippen molar-refractivity contribution in [1.29, 1.82) is 0 Å². The largest absolute Gasteiger partial charge is 0.494 e. The van der Waals surface area contributed by atoms with E-state index >= 15 is 0 Å². The quantitative estimate of drug-likeness (QED) is 0.745. The van der Waals surface area contributed by atoms with Crippen molar-refractivity contribution in [3.05, 3.63) is 29.8 Å². The van der Waals surface area contributed by atoms with Gasteiger partial charge in [0.2, 0.25) is 0 Å². The highest BCUT2D eigenvalue weighted by Gasteiger charge is 2.35. The Kier molecular flexibility index (Phi) is 5.37. The topological polar surface area (TPSA) is 15.7 Å². The predicted octanol–water partition coefficient (Wildman–Crippen LogP) is 3.71. The average molecular weight is 302 g/mol. The summed E-state index contributed by atoms with van der Waals surface area (Å²) in [6, 6.07) is 10.4. The fraction of sp³-hybridized carbons (Fsp3) is 0.684. The molecular weight excluding hydrogens is 272 g/mol. The second-order valence-corrected chi connectivity index (χ2v) is 7.05. The van der Waals surface area contributed by atoms with Crippen LogP contribution in [0.1, 0.15) is 50.1 Å². The fourth-order valence-corrected chi connectivity index (χ4v) is 3.97. The Morgan fingerprint density at radius 2 is 1.91 bits per heavy atom. The van der Waals surface area contributed by atoms with Gasteiger partial charge in [0.15, 0.2) is 0 Å². The van der Waals surface area contributed by atoms with Gasteiger partial charge in [-0.1, -0.05) is 18.6 Å². The highest BCUT2D eigenvalue weighted by Crippen LogP contribution is 2.40. The van der Waals surface area contributed by atoms with Crippen LogP contribution in [-0.4, -0.2) is 49.6 Å². The SMILES string of the molecule is CN(C)CCCOc1ccc([C@H]2CC[C@H]3CCCCN32)cc1.